The van der Waals surface area contributed by atoms with Crippen molar-refractivity contribution in [3.8, 4) is 0 Å². The van der Waals surface area contributed by atoms with E-state index in [2.05, 4.69) is 23.8 Å². The largest absolute Gasteiger partial charge is 0.280 e. The van der Waals surface area contributed by atoms with Gasteiger partial charge in [-0.15, -0.1) is 0 Å². The fraction of sp³-hybridized carbons (Fsp3) is 0.375. The van der Waals surface area contributed by atoms with Gasteiger partial charge in [-0.2, -0.15) is 0 Å². The van der Waals surface area contributed by atoms with Crippen LogP contribution in [0.2, 0.25) is 0 Å². The van der Waals surface area contributed by atoms with Gasteiger partial charge in [0.2, 0.25) is 0 Å². The average Bonchev–Trinajstić information content (AvgIpc) is 2.48. The van der Waals surface area contributed by atoms with Crippen molar-refractivity contribution in [2.75, 3.05) is 0 Å². The van der Waals surface area contributed by atoms with Gasteiger partial charge in [0.1, 0.15) is 12.4 Å². The molecule has 0 bridgehead atoms. The molecule has 0 aliphatic carbocycles. The fourth-order valence-electron chi connectivity index (χ4n) is 1.46. The first-order valence-electron chi connectivity index (χ1n) is 6.65. The molecule has 0 unspecified atom stereocenters. The molecule has 0 aliphatic heterocycles. The Morgan fingerprint density at radius 2 is 1.71 bits per heavy atom. The highest BCUT2D eigenvalue weighted by atomic mass is 19.3. The van der Waals surface area contributed by atoms with E-state index >= 15 is 0 Å². The third kappa shape index (κ3) is 5.94. The molecule has 0 atom stereocenters. The number of hydrogen-bond acceptors (Lipinski definition) is 2. The lowest BCUT2D eigenvalue weighted by atomic mass is 10.1. The molecule has 114 valence electrons. The second-order valence-corrected chi connectivity index (χ2v) is 4.93. The third-order valence-electron chi connectivity index (χ3n) is 2.81. The molecule has 5 heteroatoms. The molecular weight excluding hydrogens is 277 g/mol. The fourth-order valence-corrected chi connectivity index (χ4v) is 1.46. The van der Waals surface area contributed by atoms with Crippen molar-refractivity contribution >= 4 is 0 Å². The smallest absolute Gasteiger partial charge is 0.258 e. The Kier molecular flexibility index (Phi) is 6.85. The van der Waals surface area contributed by atoms with Crippen molar-refractivity contribution in [1.82, 2.24) is 9.97 Å². The molecule has 0 spiro atoms. The summed E-state index contributed by atoms with van der Waals surface area (Å²) in [5.74, 6) is 0.469. The highest BCUT2D eigenvalue weighted by Crippen LogP contribution is 2.15. The van der Waals surface area contributed by atoms with Crippen LogP contribution < -0.4 is 0 Å². The van der Waals surface area contributed by atoms with Crippen LogP contribution in [0.4, 0.5) is 13.2 Å². The number of halogens is 3. The highest BCUT2D eigenvalue weighted by molar-refractivity contribution is 5.16. The Morgan fingerprint density at radius 1 is 1.00 bits per heavy atom. The van der Waals surface area contributed by atoms with E-state index in [1.54, 1.807) is 18.3 Å². The average molecular weight is 296 g/mol. The Morgan fingerprint density at radius 3 is 2.10 bits per heavy atom. The summed E-state index contributed by atoms with van der Waals surface area (Å²) in [6, 6.07) is 6.61. The van der Waals surface area contributed by atoms with E-state index in [0.717, 1.165) is 11.1 Å². The lowest BCUT2D eigenvalue weighted by Gasteiger charge is -2.03. The lowest BCUT2D eigenvalue weighted by Crippen LogP contribution is -1.91. The van der Waals surface area contributed by atoms with Gasteiger partial charge in [-0.3, -0.25) is 9.97 Å². The first kappa shape index (κ1) is 17.1. The van der Waals surface area contributed by atoms with Crippen molar-refractivity contribution in [3.63, 3.8) is 0 Å². The molecule has 0 amide bonds. The van der Waals surface area contributed by atoms with Gasteiger partial charge in [0.25, 0.3) is 6.43 Å². The van der Waals surface area contributed by atoms with Crippen molar-refractivity contribution in [2.24, 2.45) is 0 Å². The first-order valence-corrected chi connectivity index (χ1v) is 6.65. The summed E-state index contributed by atoms with van der Waals surface area (Å²) in [7, 11) is 0. The summed E-state index contributed by atoms with van der Waals surface area (Å²) in [6.07, 6.45) is 0.710. The molecule has 0 saturated carbocycles. The zero-order chi connectivity index (χ0) is 15.8. The van der Waals surface area contributed by atoms with E-state index < -0.39 is 13.1 Å². The van der Waals surface area contributed by atoms with E-state index in [4.69, 9.17) is 0 Å². The molecular formula is C16H19F3N2. The van der Waals surface area contributed by atoms with Crippen LogP contribution in [0, 0.1) is 6.92 Å². The topological polar surface area (TPSA) is 25.8 Å². The number of nitrogens with zero attached hydrogens (tertiary/aromatic N) is 2. The van der Waals surface area contributed by atoms with Gasteiger partial charge >= 0.3 is 0 Å². The van der Waals surface area contributed by atoms with Crippen molar-refractivity contribution < 1.29 is 13.2 Å². The SMILES string of the molecule is CC(C)c1ccc(CF)nc1.Cc1ccc(C(F)F)nc1. The molecule has 0 fully saturated rings. The lowest BCUT2D eigenvalue weighted by molar-refractivity contribution is 0.146. The number of hydrogen-bond donors (Lipinski definition) is 0. The Hall–Kier alpha value is -1.91. The monoisotopic (exact) mass is 296 g/mol. The van der Waals surface area contributed by atoms with Crippen molar-refractivity contribution in [3.05, 3.63) is 59.2 Å². The van der Waals surface area contributed by atoms with Crippen molar-refractivity contribution in [1.29, 1.82) is 0 Å². The number of aryl methyl sites for hydroxylation is 1. The van der Waals surface area contributed by atoms with E-state index in [9.17, 15) is 13.2 Å². The molecule has 2 aromatic heterocycles. The zero-order valence-electron chi connectivity index (χ0n) is 12.4. The second-order valence-electron chi connectivity index (χ2n) is 4.93. The summed E-state index contributed by atoms with van der Waals surface area (Å²) < 4.78 is 35.7. The summed E-state index contributed by atoms with van der Waals surface area (Å²) in [5, 5.41) is 0. The maximum absolute atomic E-state index is 12.0. The minimum absolute atomic E-state index is 0.161. The van der Waals surface area contributed by atoms with Gasteiger partial charge in [0, 0.05) is 12.4 Å². The summed E-state index contributed by atoms with van der Waals surface area (Å²) in [4.78, 5) is 7.47. The Bertz CT molecular complexity index is 522. The predicted molar refractivity (Wildman–Crippen MR) is 77.1 cm³/mol. The van der Waals surface area contributed by atoms with Crippen LogP contribution in [0.1, 0.15) is 48.7 Å². The molecule has 0 saturated heterocycles. The van der Waals surface area contributed by atoms with Gasteiger partial charge in [0.15, 0.2) is 0 Å². The van der Waals surface area contributed by atoms with Gasteiger partial charge in [-0.25, -0.2) is 13.2 Å². The molecule has 2 rings (SSSR count). The summed E-state index contributed by atoms with van der Waals surface area (Å²) in [5.41, 5.74) is 2.40. The first-order chi connectivity index (χ1) is 9.93. The molecule has 2 heterocycles. The van der Waals surface area contributed by atoms with E-state index in [0.29, 0.717) is 11.6 Å². The van der Waals surface area contributed by atoms with Crippen LogP contribution in [0.15, 0.2) is 36.7 Å². The summed E-state index contributed by atoms with van der Waals surface area (Å²) in [6.45, 7) is 5.51. The molecule has 21 heavy (non-hydrogen) atoms. The van der Waals surface area contributed by atoms with Crippen LogP contribution in [-0.4, -0.2) is 9.97 Å². The number of pyridine rings is 2. The normalized spacial score (nSPS) is 10.5. The number of aromatic nitrogens is 2. The van der Waals surface area contributed by atoms with Crippen LogP contribution in [0.3, 0.4) is 0 Å². The Labute approximate surface area is 123 Å². The summed E-state index contributed by atoms with van der Waals surface area (Å²) >= 11 is 0. The number of alkyl halides is 3. The maximum Gasteiger partial charge on any atom is 0.280 e. The van der Waals surface area contributed by atoms with E-state index in [1.807, 2.05) is 13.0 Å². The van der Waals surface area contributed by atoms with Crippen molar-refractivity contribution in [2.45, 2.75) is 39.8 Å². The van der Waals surface area contributed by atoms with Gasteiger partial charge < -0.3 is 0 Å². The minimum Gasteiger partial charge on any atom is -0.258 e. The van der Waals surface area contributed by atoms with E-state index in [-0.39, 0.29) is 5.69 Å². The highest BCUT2D eigenvalue weighted by Gasteiger charge is 2.06. The van der Waals surface area contributed by atoms with E-state index in [1.165, 1.54) is 12.3 Å². The van der Waals surface area contributed by atoms with Crippen LogP contribution >= 0.6 is 0 Å². The molecule has 0 aromatic carbocycles. The standard InChI is InChI=1S/C9H12FN.C7H7F2N/c1-7(2)8-3-4-9(5-10)11-6-8;1-5-2-3-6(7(8)9)10-4-5/h3-4,6-7H,5H2,1-2H3;2-4,7H,1H3. The van der Waals surface area contributed by atoms with Crippen LogP contribution in [0.5, 0.6) is 0 Å². The number of rotatable bonds is 3. The zero-order valence-corrected chi connectivity index (χ0v) is 12.4. The van der Waals surface area contributed by atoms with Crippen LogP contribution in [0.25, 0.3) is 0 Å². The predicted octanol–water partition coefficient (Wildman–Crippen LogP) is 5.00. The molecule has 2 aromatic rings. The molecule has 0 aliphatic rings. The van der Waals surface area contributed by atoms with Gasteiger partial charge in [-0.1, -0.05) is 26.0 Å². The minimum atomic E-state index is -2.46. The third-order valence-corrected chi connectivity index (χ3v) is 2.81. The molecule has 2 nitrogen and oxygen atoms in total. The molecule has 0 radical (unpaired) electrons. The molecule has 0 N–H and O–H groups in total. The Balaban J connectivity index is 0.000000211. The maximum atomic E-state index is 12.0. The van der Waals surface area contributed by atoms with Crippen LogP contribution in [-0.2, 0) is 6.67 Å². The second kappa shape index (κ2) is 8.39. The quantitative estimate of drug-likeness (QED) is 0.796. The van der Waals surface area contributed by atoms with Gasteiger partial charge in [-0.05, 0) is 36.1 Å². The van der Waals surface area contributed by atoms with Gasteiger partial charge in [0.05, 0.1) is 5.69 Å².